The molecule has 0 aliphatic carbocycles. The second-order valence-corrected chi connectivity index (χ2v) is 8.06. The number of likely N-dealkylation sites (tertiary alicyclic amines) is 1. The molecule has 164 valence electrons. The third kappa shape index (κ3) is 4.92. The monoisotopic (exact) mass is 416 g/mol. The summed E-state index contributed by atoms with van der Waals surface area (Å²) >= 11 is 0. The number of aryl methyl sites for hydroxylation is 1. The van der Waals surface area contributed by atoms with Crippen LogP contribution in [0.15, 0.2) is 18.2 Å². The Balaban J connectivity index is 1.64. The van der Waals surface area contributed by atoms with Gasteiger partial charge in [0.2, 0.25) is 11.8 Å². The van der Waals surface area contributed by atoms with E-state index >= 15 is 0 Å². The normalized spacial score (nSPS) is 22.0. The van der Waals surface area contributed by atoms with Gasteiger partial charge < -0.3 is 25.6 Å². The van der Waals surface area contributed by atoms with Crippen LogP contribution < -0.4 is 16.0 Å². The standard InChI is InChI=1S/C22H32N4O4/c1-4-30-13-5-11-23-20(28)16(3)26-12-10-22(9-8-19(26)27)24-18-14-15(2)6-7-17(18)21(29)25-22/h6-7,14,16,24H,4-5,8-13H2,1-3H3,(H,23,28)(H,25,29)/t16-,22-/m1/s1. The first-order valence-electron chi connectivity index (χ1n) is 10.7. The molecular formula is C22H32N4O4. The van der Waals surface area contributed by atoms with Crippen molar-refractivity contribution in [1.82, 2.24) is 15.5 Å². The number of anilines is 1. The molecule has 2 aliphatic rings. The molecule has 2 aliphatic heterocycles. The lowest BCUT2D eigenvalue weighted by molar-refractivity contribution is -0.139. The average molecular weight is 417 g/mol. The molecule has 2 heterocycles. The largest absolute Gasteiger partial charge is 0.382 e. The summed E-state index contributed by atoms with van der Waals surface area (Å²) in [6.45, 7) is 7.82. The summed E-state index contributed by atoms with van der Waals surface area (Å²) in [5.41, 5.74) is 1.78. The maximum Gasteiger partial charge on any atom is 0.255 e. The highest BCUT2D eigenvalue weighted by Crippen LogP contribution is 2.32. The highest BCUT2D eigenvalue weighted by atomic mass is 16.5. The Labute approximate surface area is 177 Å². The summed E-state index contributed by atoms with van der Waals surface area (Å²) in [5, 5.41) is 9.41. The molecule has 1 aromatic rings. The molecule has 1 spiro atoms. The third-order valence-electron chi connectivity index (χ3n) is 5.83. The van der Waals surface area contributed by atoms with Crippen LogP contribution in [0, 0.1) is 6.92 Å². The van der Waals surface area contributed by atoms with Crippen LogP contribution in [-0.2, 0) is 14.3 Å². The molecule has 3 rings (SSSR count). The van der Waals surface area contributed by atoms with E-state index in [9.17, 15) is 14.4 Å². The summed E-state index contributed by atoms with van der Waals surface area (Å²) in [5.74, 6) is -0.378. The Bertz CT molecular complexity index is 812. The van der Waals surface area contributed by atoms with Crippen LogP contribution >= 0.6 is 0 Å². The molecule has 1 aromatic carbocycles. The Kier molecular flexibility index (Phi) is 6.97. The fourth-order valence-corrected chi connectivity index (χ4v) is 4.04. The lowest BCUT2D eigenvalue weighted by atomic mass is 9.94. The SMILES string of the molecule is CCOCCCNC(=O)[C@@H](C)N1CC[C@@]2(CCC1=O)NC(=O)c1ccc(C)cc1N2. The molecule has 1 fully saturated rings. The number of hydrogen-bond donors (Lipinski definition) is 3. The van der Waals surface area contributed by atoms with E-state index in [0.717, 1.165) is 17.7 Å². The van der Waals surface area contributed by atoms with Gasteiger partial charge in [-0.05, 0) is 51.3 Å². The average Bonchev–Trinajstić information content (AvgIpc) is 2.86. The van der Waals surface area contributed by atoms with Gasteiger partial charge >= 0.3 is 0 Å². The topological polar surface area (TPSA) is 99.8 Å². The summed E-state index contributed by atoms with van der Waals surface area (Å²) in [4.78, 5) is 39.6. The Morgan fingerprint density at radius 2 is 2.10 bits per heavy atom. The predicted octanol–water partition coefficient (Wildman–Crippen LogP) is 1.79. The molecule has 3 amide bonds. The quantitative estimate of drug-likeness (QED) is 0.589. The van der Waals surface area contributed by atoms with Gasteiger partial charge in [-0.15, -0.1) is 0 Å². The molecular weight excluding hydrogens is 384 g/mol. The lowest BCUT2D eigenvalue weighted by Gasteiger charge is -2.40. The van der Waals surface area contributed by atoms with Crippen molar-refractivity contribution in [3.8, 4) is 0 Å². The lowest BCUT2D eigenvalue weighted by Crippen LogP contribution is -2.58. The zero-order valence-corrected chi connectivity index (χ0v) is 18.0. The van der Waals surface area contributed by atoms with Crippen molar-refractivity contribution in [3.63, 3.8) is 0 Å². The van der Waals surface area contributed by atoms with Gasteiger partial charge in [0.05, 0.1) is 5.56 Å². The van der Waals surface area contributed by atoms with Crippen LogP contribution in [0.1, 0.15) is 55.5 Å². The van der Waals surface area contributed by atoms with Gasteiger partial charge in [-0.3, -0.25) is 14.4 Å². The van der Waals surface area contributed by atoms with Crippen molar-refractivity contribution >= 4 is 23.4 Å². The fraction of sp³-hybridized carbons (Fsp3) is 0.591. The summed E-state index contributed by atoms with van der Waals surface area (Å²) < 4.78 is 5.27. The smallest absolute Gasteiger partial charge is 0.255 e. The van der Waals surface area contributed by atoms with E-state index in [2.05, 4.69) is 16.0 Å². The van der Waals surface area contributed by atoms with E-state index < -0.39 is 11.7 Å². The van der Waals surface area contributed by atoms with E-state index in [1.807, 2.05) is 32.0 Å². The van der Waals surface area contributed by atoms with E-state index in [-0.39, 0.29) is 24.1 Å². The molecule has 8 heteroatoms. The number of benzene rings is 1. The second-order valence-electron chi connectivity index (χ2n) is 8.06. The minimum Gasteiger partial charge on any atom is -0.382 e. The van der Waals surface area contributed by atoms with Crippen molar-refractivity contribution in [1.29, 1.82) is 0 Å². The number of hydrogen-bond acceptors (Lipinski definition) is 5. The maximum atomic E-state index is 12.8. The van der Waals surface area contributed by atoms with Crippen LogP contribution in [0.3, 0.4) is 0 Å². The molecule has 0 saturated carbocycles. The van der Waals surface area contributed by atoms with Crippen molar-refractivity contribution in [3.05, 3.63) is 29.3 Å². The fourth-order valence-electron chi connectivity index (χ4n) is 4.04. The predicted molar refractivity (Wildman–Crippen MR) is 114 cm³/mol. The molecule has 3 N–H and O–H groups in total. The van der Waals surface area contributed by atoms with Gasteiger partial charge in [-0.2, -0.15) is 0 Å². The van der Waals surface area contributed by atoms with Gasteiger partial charge in [-0.1, -0.05) is 6.07 Å². The number of amides is 3. The van der Waals surface area contributed by atoms with Crippen molar-refractivity contribution in [2.75, 3.05) is 31.6 Å². The third-order valence-corrected chi connectivity index (χ3v) is 5.83. The summed E-state index contributed by atoms with van der Waals surface area (Å²) in [6.07, 6.45) is 2.00. The van der Waals surface area contributed by atoms with E-state index in [4.69, 9.17) is 4.74 Å². The number of fused-ring (bicyclic) bond motifs is 1. The number of rotatable bonds is 7. The van der Waals surface area contributed by atoms with Gasteiger partial charge in [0.15, 0.2) is 0 Å². The Morgan fingerprint density at radius 3 is 2.87 bits per heavy atom. The van der Waals surface area contributed by atoms with Crippen LogP contribution in [0.25, 0.3) is 0 Å². The van der Waals surface area contributed by atoms with Crippen molar-refractivity contribution in [2.24, 2.45) is 0 Å². The van der Waals surface area contributed by atoms with E-state index in [1.54, 1.807) is 11.8 Å². The molecule has 0 aromatic heterocycles. The summed E-state index contributed by atoms with van der Waals surface area (Å²) in [7, 11) is 0. The highest BCUT2D eigenvalue weighted by molar-refractivity contribution is 6.02. The van der Waals surface area contributed by atoms with Gasteiger partial charge in [0, 0.05) is 44.8 Å². The molecule has 8 nitrogen and oxygen atoms in total. The van der Waals surface area contributed by atoms with Gasteiger partial charge in [-0.25, -0.2) is 0 Å². The number of carbonyl (C=O) groups is 3. The molecule has 2 atom stereocenters. The second kappa shape index (κ2) is 9.47. The van der Waals surface area contributed by atoms with Crippen LogP contribution in [0.2, 0.25) is 0 Å². The van der Waals surface area contributed by atoms with E-state index in [0.29, 0.717) is 44.7 Å². The van der Waals surface area contributed by atoms with Gasteiger partial charge in [0.1, 0.15) is 11.7 Å². The van der Waals surface area contributed by atoms with E-state index in [1.165, 1.54) is 0 Å². The molecule has 0 unspecified atom stereocenters. The first-order chi connectivity index (χ1) is 14.3. The number of nitrogens with zero attached hydrogens (tertiary/aromatic N) is 1. The minimum atomic E-state index is -0.685. The zero-order chi connectivity index (χ0) is 21.7. The molecule has 1 saturated heterocycles. The first-order valence-corrected chi connectivity index (χ1v) is 10.7. The number of nitrogens with one attached hydrogen (secondary N) is 3. The molecule has 30 heavy (non-hydrogen) atoms. The number of ether oxygens (including phenoxy) is 1. The minimum absolute atomic E-state index is 0.0741. The summed E-state index contributed by atoms with van der Waals surface area (Å²) in [6, 6.07) is 5.11. The van der Waals surface area contributed by atoms with Crippen molar-refractivity contribution in [2.45, 2.75) is 58.2 Å². The Morgan fingerprint density at radius 1 is 1.30 bits per heavy atom. The van der Waals surface area contributed by atoms with Crippen LogP contribution in [-0.4, -0.2) is 60.6 Å². The van der Waals surface area contributed by atoms with Crippen LogP contribution in [0.4, 0.5) is 5.69 Å². The Hall–Kier alpha value is -2.61. The van der Waals surface area contributed by atoms with Gasteiger partial charge in [0.25, 0.3) is 5.91 Å². The van der Waals surface area contributed by atoms with Crippen LogP contribution in [0.5, 0.6) is 0 Å². The number of carbonyl (C=O) groups excluding carboxylic acids is 3. The van der Waals surface area contributed by atoms with Crippen molar-refractivity contribution < 1.29 is 19.1 Å². The zero-order valence-electron chi connectivity index (χ0n) is 18.0. The maximum absolute atomic E-state index is 12.8. The molecule has 0 bridgehead atoms. The molecule has 0 radical (unpaired) electrons. The highest BCUT2D eigenvalue weighted by Gasteiger charge is 2.41. The first kappa shape index (κ1) is 22.1.